The second-order valence-corrected chi connectivity index (χ2v) is 5.74. The number of hydrogen-bond donors (Lipinski definition) is 1. The average Bonchev–Trinajstić information content (AvgIpc) is 2.78. The summed E-state index contributed by atoms with van der Waals surface area (Å²) in [5, 5.41) is 8.12. The van der Waals surface area contributed by atoms with Crippen molar-refractivity contribution in [3.05, 3.63) is 56.5 Å². The Morgan fingerprint density at radius 3 is 2.74 bits per heavy atom. The second-order valence-electron chi connectivity index (χ2n) is 4.56. The Labute approximate surface area is 122 Å². The average molecular weight is 298 g/mol. The Bertz CT molecular complexity index is 553. The Morgan fingerprint density at radius 2 is 2.16 bits per heavy atom. The molecule has 2 aromatic rings. The summed E-state index contributed by atoms with van der Waals surface area (Å²) in [5.41, 5.74) is 3.20. The van der Waals surface area contributed by atoms with Gasteiger partial charge in [-0.2, -0.15) is 11.3 Å². The molecule has 1 aromatic heterocycles. The summed E-state index contributed by atoms with van der Waals surface area (Å²) >= 11 is 7.47. The first-order chi connectivity index (χ1) is 9.11. The van der Waals surface area contributed by atoms with Gasteiger partial charge in [-0.3, -0.25) is 0 Å². The molecule has 2 rings (SSSR count). The van der Waals surface area contributed by atoms with Crippen LogP contribution >= 0.6 is 22.9 Å². The lowest BCUT2D eigenvalue weighted by atomic mass is 9.98. The van der Waals surface area contributed by atoms with Crippen LogP contribution in [-0.4, -0.2) is 6.54 Å². The maximum atomic E-state index is 13.9. The highest BCUT2D eigenvalue weighted by molar-refractivity contribution is 7.08. The molecular formula is C15H17ClFNS. The third-order valence-corrected chi connectivity index (χ3v) is 4.28. The lowest BCUT2D eigenvalue weighted by Crippen LogP contribution is -2.23. The molecule has 1 heterocycles. The van der Waals surface area contributed by atoms with E-state index in [9.17, 15) is 4.39 Å². The lowest BCUT2D eigenvalue weighted by molar-refractivity contribution is 0.527. The lowest BCUT2D eigenvalue weighted by Gasteiger charge is -2.18. The summed E-state index contributed by atoms with van der Waals surface area (Å²) in [6.45, 7) is 5.01. The standard InChI is InChI=1S/C15H17ClFNS/c1-3-18-15(13-9-19-8-10(13)2)6-11-4-5-12(16)7-14(11)17/h4-5,7-9,15,18H,3,6H2,1-2H3. The van der Waals surface area contributed by atoms with Crippen molar-refractivity contribution in [1.29, 1.82) is 0 Å². The Balaban J connectivity index is 2.24. The maximum absolute atomic E-state index is 13.9. The summed E-state index contributed by atoms with van der Waals surface area (Å²) in [5.74, 6) is -0.233. The second kappa shape index (κ2) is 6.51. The van der Waals surface area contributed by atoms with Crippen LogP contribution in [0.15, 0.2) is 29.0 Å². The molecule has 0 amide bonds. The van der Waals surface area contributed by atoms with Crippen molar-refractivity contribution < 1.29 is 4.39 Å². The Morgan fingerprint density at radius 1 is 1.37 bits per heavy atom. The molecule has 1 N–H and O–H groups in total. The van der Waals surface area contributed by atoms with Crippen LogP contribution in [0.2, 0.25) is 5.02 Å². The van der Waals surface area contributed by atoms with Crippen molar-refractivity contribution in [3.8, 4) is 0 Å². The van der Waals surface area contributed by atoms with E-state index >= 15 is 0 Å². The Kier molecular flexibility index (Phi) is 4.97. The number of rotatable bonds is 5. The van der Waals surface area contributed by atoms with Crippen LogP contribution in [0.3, 0.4) is 0 Å². The number of thiophene rings is 1. The normalized spacial score (nSPS) is 12.6. The number of aryl methyl sites for hydroxylation is 1. The SMILES string of the molecule is CCNC(Cc1ccc(Cl)cc1F)c1cscc1C. The maximum Gasteiger partial charge on any atom is 0.127 e. The van der Waals surface area contributed by atoms with Gasteiger partial charge in [0.25, 0.3) is 0 Å². The summed E-state index contributed by atoms with van der Waals surface area (Å²) in [7, 11) is 0. The monoisotopic (exact) mass is 297 g/mol. The first-order valence-corrected chi connectivity index (χ1v) is 7.64. The first-order valence-electron chi connectivity index (χ1n) is 6.31. The fraction of sp³-hybridized carbons (Fsp3) is 0.333. The van der Waals surface area contributed by atoms with Gasteiger partial charge >= 0.3 is 0 Å². The van der Waals surface area contributed by atoms with Crippen molar-refractivity contribution in [2.24, 2.45) is 0 Å². The van der Waals surface area contributed by atoms with Crippen molar-refractivity contribution in [2.75, 3.05) is 6.54 Å². The zero-order valence-corrected chi connectivity index (χ0v) is 12.6. The molecule has 0 spiro atoms. The van der Waals surface area contributed by atoms with Crippen molar-refractivity contribution >= 4 is 22.9 Å². The van der Waals surface area contributed by atoms with Crippen LogP contribution in [-0.2, 0) is 6.42 Å². The largest absolute Gasteiger partial charge is 0.310 e. The topological polar surface area (TPSA) is 12.0 Å². The van der Waals surface area contributed by atoms with Gasteiger partial charge < -0.3 is 5.32 Å². The predicted molar refractivity (Wildman–Crippen MR) is 80.6 cm³/mol. The van der Waals surface area contributed by atoms with Gasteiger partial charge in [-0.1, -0.05) is 24.6 Å². The highest BCUT2D eigenvalue weighted by Crippen LogP contribution is 2.26. The van der Waals surface area contributed by atoms with Gasteiger partial charge in [-0.15, -0.1) is 0 Å². The summed E-state index contributed by atoms with van der Waals surface area (Å²) < 4.78 is 13.9. The molecule has 0 saturated carbocycles. The van der Waals surface area contributed by atoms with Crippen molar-refractivity contribution in [1.82, 2.24) is 5.32 Å². The minimum atomic E-state index is -0.233. The fourth-order valence-corrected chi connectivity index (χ4v) is 3.24. The molecule has 1 aromatic carbocycles. The first kappa shape index (κ1) is 14.5. The van der Waals surface area contributed by atoms with Gasteiger partial charge in [0.1, 0.15) is 5.82 Å². The number of halogens is 2. The van der Waals surface area contributed by atoms with E-state index in [0.29, 0.717) is 17.0 Å². The highest BCUT2D eigenvalue weighted by Gasteiger charge is 2.16. The van der Waals surface area contributed by atoms with Crippen LogP contribution in [0.4, 0.5) is 4.39 Å². The Hall–Kier alpha value is -0.900. The van der Waals surface area contributed by atoms with Crippen molar-refractivity contribution in [2.45, 2.75) is 26.3 Å². The zero-order chi connectivity index (χ0) is 13.8. The molecule has 0 radical (unpaired) electrons. The van der Waals surface area contributed by atoms with Gasteiger partial charge in [-0.25, -0.2) is 4.39 Å². The van der Waals surface area contributed by atoms with E-state index in [1.54, 1.807) is 23.5 Å². The number of hydrogen-bond acceptors (Lipinski definition) is 2. The third-order valence-electron chi connectivity index (χ3n) is 3.16. The van der Waals surface area contributed by atoms with Gasteiger partial charge in [0.2, 0.25) is 0 Å². The molecular weight excluding hydrogens is 281 g/mol. The molecule has 1 atom stereocenters. The van der Waals surface area contributed by atoms with E-state index in [0.717, 1.165) is 6.54 Å². The summed E-state index contributed by atoms with van der Waals surface area (Å²) in [6, 6.07) is 5.03. The quantitative estimate of drug-likeness (QED) is 0.840. The fourth-order valence-electron chi connectivity index (χ4n) is 2.17. The van der Waals surface area contributed by atoms with Gasteiger partial charge in [0.15, 0.2) is 0 Å². The minimum Gasteiger partial charge on any atom is -0.310 e. The van der Waals surface area contributed by atoms with Crippen LogP contribution < -0.4 is 5.32 Å². The van der Waals surface area contributed by atoms with Gasteiger partial charge in [0.05, 0.1) is 0 Å². The van der Waals surface area contributed by atoms with E-state index in [1.807, 2.05) is 0 Å². The highest BCUT2D eigenvalue weighted by atomic mass is 35.5. The molecule has 1 nitrogen and oxygen atoms in total. The number of nitrogens with one attached hydrogen (secondary N) is 1. The molecule has 0 aliphatic carbocycles. The number of benzene rings is 1. The van der Waals surface area contributed by atoms with E-state index in [2.05, 4.69) is 29.9 Å². The third kappa shape index (κ3) is 3.56. The molecule has 19 heavy (non-hydrogen) atoms. The van der Waals surface area contributed by atoms with E-state index in [-0.39, 0.29) is 11.9 Å². The van der Waals surface area contributed by atoms with E-state index < -0.39 is 0 Å². The van der Waals surface area contributed by atoms with E-state index in [1.165, 1.54) is 17.2 Å². The van der Waals surface area contributed by atoms with Gasteiger partial charge in [0, 0.05) is 11.1 Å². The van der Waals surface area contributed by atoms with Crippen LogP contribution in [0.25, 0.3) is 0 Å². The predicted octanol–water partition coefficient (Wildman–Crippen LogP) is 4.74. The molecule has 4 heteroatoms. The smallest absolute Gasteiger partial charge is 0.127 e. The molecule has 0 saturated heterocycles. The van der Waals surface area contributed by atoms with E-state index in [4.69, 9.17) is 11.6 Å². The van der Waals surface area contributed by atoms with Crippen LogP contribution in [0.1, 0.15) is 29.7 Å². The van der Waals surface area contributed by atoms with Crippen molar-refractivity contribution in [3.63, 3.8) is 0 Å². The molecule has 0 aliphatic rings. The number of likely N-dealkylation sites (N-methyl/N-ethyl adjacent to an activating group) is 1. The summed E-state index contributed by atoms with van der Waals surface area (Å²) in [6.07, 6.45) is 0.633. The molecule has 0 aliphatic heterocycles. The molecule has 1 unspecified atom stereocenters. The summed E-state index contributed by atoms with van der Waals surface area (Å²) in [4.78, 5) is 0. The van der Waals surface area contributed by atoms with Crippen LogP contribution in [0, 0.1) is 12.7 Å². The molecule has 0 bridgehead atoms. The zero-order valence-electron chi connectivity index (χ0n) is 11.0. The molecule has 102 valence electrons. The van der Waals surface area contributed by atoms with Crippen LogP contribution in [0.5, 0.6) is 0 Å². The minimum absolute atomic E-state index is 0.145. The van der Waals surface area contributed by atoms with Gasteiger partial charge in [-0.05, 0) is 59.5 Å². The molecule has 0 fully saturated rings.